The van der Waals surface area contributed by atoms with Crippen molar-refractivity contribution in [2.75, 3.05) is 19.6 Å². The molecule has 0 aromatic rings. The number of hydrogen-bond donors (Lipinski definition) is 1. The van der Waals surface area contributed by atoms with Crippen molar-refractivity contribution in [3.63, 3.8) is 0 Å². The Kier molecular flexibility index (Phi) is 4.78. The van der Waals surface area contributed by atoms with Crippen molar-refractivity contribution < 1.29 is 4.79 Å². The Bertz CT molecular complexity index is 230. The van der Waals surface area contributed by atoms with Crippen molar-refractivity contribution in [1.29, 1.82) is 0 Å². The summed E-state index contributed by atoms with van der Waals surface area (Å²) in [7, 11) is 0. The summed E-state index contributed by atoms with van der Waals surface area (Å²) in [6, 6.07) is 0. The van der Waals surface area contributed by atoms with E-state index in [2.05, 4.69) is 24.1 Å². The molecule has 16 heavy (non-hydrogen) atoms. The fourth-order valence-corrected chi connectivity index (χ4v) is 2.15. The average molecular weight is 226 g/mol. The van der Waals surface area contributed by atoms with Gasteiger partial charge >= 0.3 is 0 Å². The van der Waals surface area contributed by atoms with E-state index in [1.54, 1.807) is 0 Å². The molecule has 3 nitrogen and oxygen atoms in total. The number of nitrogens with zero attached hydrogens (tertiary/aromatic N) is 1. The summed E-state index contributed by atoms with van der Waals surface area (Å²) >= 11 is 0. The number of hydrogen-bond acceptors (Lipinski definition) is 2. The van der Waals surface area contributed by atoms with Crippen molar-refractivity contribution in [3.8, 4) is 0 Å². The molecule has 1 fully saturated rings. The normalized spacial score (nSPS) is 21.1. The maximum absolute atomic E-state index is 11.7. The molecule has 0 aliphatic carbocycles. The van der Waals surface area contributed by atoms with Crippen LogP contribution in [0.3, 0.4) is 0 Å². The molecule has 94 valence electrons. The zero-order valence-corrected chi connectivity index (χ0v) is 11.2. The van der Waals surface area contributed by atoms with Crippen LogP contribution in [0.5, 0.6) is 0 Å². The first-order valence-electron chi connectivity index (χ1n) is 6.51. The van der Waals surface area contributed by atoms with E-state index >= 15 is 0 Å². The molecule has 0 unspecified atom stereocenters. The van der Waals surface area contributed by atoms with Gasteiger partial charge in [0.15, 0.2) is 0 Å². The maximum Gasteiger partial charge on any atom is 0.222 e. The van der Waals surface area contributed by atoms with Crippen molar-refractivity contribution in [2.24, 2.45) is 5.92 Å². The molecule has 0 saturated carbocycles. The Morgan fingerprint density at radius 3 is 2.38 bits per heavy atom. The first-order chi connectivity index (χ1) is 7.47. The fourth-order valence-electron chi connectivity index (χ4n) is 2.15. The molecule has 1 saturated heterocycles. The Balaban J connectivity index is 2.41. The highest BCUT2D eigenvalue weighted by molar-refractivity contribution is 5.78. The van der Waals surface area contributed by atoms with Gasteiger partial charge in [-0.15, -0.1) is 0 Å². The van der Waals surface area contributed by atoms with Crippen molar-refractivity contribution >= 4 is 5.91 Å². The van der Waals surface area contributed by atoms with E-state index in [0.29, 0.717) is 0 Å². The highest BCUT2D eigenvalue weighted by Gasteiger charge is 2.31. The lowest BCUT2D eigenvalue weighted by Crippen LogP contribution is -2.54. The van der Waals surface area contributed by atoms with Crippen LogP contribution in [0.4, 0.5) is 0 Å². The summed E-state index contributed by atoms with van der Waals surface area (Å²) in [6.07, 6.45) is 3.37. The molecular formula is C13H26N2O. The third-order valence-corrected chi connectivity index (χ3v) is 3.45. The molecule has 1 aliphatic rings. The standard InChI is InChI=1S/C13H26N2O/c1-5-8-15-9-6-13(4,7-10-15)14-12(16)11(2)3/h11H,5-10H2,1-4H3,(H,14,16). The molecule has 3 heteroatoms. The number of rotatable bonds is 4. The van der Waals surface area contributed by atoms with Crippen molar-refractivity contribution in [2.45, 2.75) is 52.5 Å². The van der Waals surface area contributed by atoms with Crippen LogP contribution in [0.15, 0.2) is 0 Å². The van der Waals surface area contributed by atoms with Crippen molar-refractivity contribution in [1.82, 2.24) is 10.2 Å². The molecule has 0 aromatic carbocycles. The Morgan fingerprint density at radius 2 is 1.94 bits per heavy atom. The molecule has 0 aromatic heterocycles. The molecule has 0 spiro atoms. The van der Waals surface area contributed by atoms with Gasteiger partial charge in [0.05, 0.1) is 0 Å². The zero-order valence-electron chi connectivity index (χ0n) is 11.2. The third-order valence-electron chi connectivity index (χ3n) is 3.45. The van der Waals surface area contributed by atoms with E-state index in [0.717, 1.165) is 25.9 Å². The first kappa shape index (κ1) is 13.5. The molecule has 1 amide bonds. The number of likely N-dealkylation sites (tertiary alicyclic amines) is 1. The van der Waals surface area contributed by atoms with Crippen LogP contribution in [-0.2, 0) is 4.79 Å². The van der Waals surface area contributed by atoms with Gasteiger partial charge < -0.3 is 10.2 Å². The quantitative estimate of drug-likeness (QED) is 0.795. The molecule has 0 radical (unpaired) electrons. The molecule has 1 N–H and O–H groups in total. The van der Waals surface area contributed by atoms with Gasteiger partial charge in [0.2, 0.25) is 5.91 Å². The minimum absolute atomic E-state index is 0.0194. The minimum atomic E-state index is 0.0194. The van der Waals surface area contributed by atoms with Crippen LogP contribution in [0.2, 0.25) is 0 Å². The second-order valence-electron chi connectivity index (χ2n) is 5.55. The topological polar surface area (TPSA) is 32.3 Å². The second kappa shape index (κ2) is 5.67. The summed E-state index contributed by atoms with van der Waals surface area (Å²) in [5, 5.41) is 3.19. The smallest absolute Gasteiger partial charge is 0.222 e. The average Bonchev–Trinajstić information content (AvgIpc) is 2.22. The molecule has 1 heterocycles. The summed E-state index contributed by atoms with van der Waals surface area (Å²) < 4.78 is 0. The van der Waals surface area contributed by atoms with Gasteiger partial charge in [0.25, 0.3) is 0 Å². The Hall–Kier alpha value is -0.570. The monoisotopic (exact) mass is 226 g/mol. The lowest BCUT2D eigenvalue weighted by molar-refractivity contribution is -0.126. The second-order valence-corrected chi connectivity index (χ2v) is 5.55. The van der Waals surface area contributed by atoms with Gasteiger partial charge in [-0.05, 0) is 32.7 Å². The lowest BCUT2D eigenvalue weighted by atomic mass is 9.89. The largest absolute Gasteiger partial charge is 0.351 e. The SMILES string of the molecule is CCCN1CCC(C)(NC(=O)C(C)C)CC1. The predicted octanol–water partition coefficient (Wildman–Crippen LogP) is 2.02. The predicted molar refractivity (Wildman–Crippen MR) is 67.4 cm³/mol. The van der Waals surface area contributed by atoms with Crippen molar-refractivity contribution in [3.05, 3.63) is 0 Å². The summed E-state index contributed by atoms with van der Waals surface area (Å²) in [6.45, 7) is 11.7. The van der Waals surface area contributed by atoms with Crippen LogP contribution in [-0.4, -0.2) is 36.0 Å². The van der Waals surface area contributed by atoms with Crippen LogP contribution >= 0.6 is 0 Å². The van der Waals surface area contributed by atoms with E-state index in [1.807, 2.05) is 13.8 Å². The minimum Gasteiger partial charge on any atom is -0.351 e. The van der Waals surface area contributed by atoms with Gasteiger partial charge in [0.1, 0.15) is 0 Å². The summed E-state index contributed by atoms with van der Waals surface area (Å²) in [5.41, 5.74) is 0.0194. The Morgan fingerprint density at radius 1 is 1.38 bits per heavy atom. The van der Waals surface area contributed by atoms with Gasteiger partial charge in [-0.25, -0.2) is 0 Å². The van der Waals surface area contributed by atoms with Gasteiger partial charge in [0, 0.05) is 24.5 Å². The summed E-state index contributed by atoms with van der Waals surface area (Å²) in [5.74, 6) is 0.275. The number of carbonyl (C=O) groups is 1. The van der Waals surface area contributed by atoms with Crippen LogP contribution in [0, 0.1) is 5.92 Å². The van der Waals surface area contributed by atoms with Gasteiger partial charge in [-0.2, -0.15) is 0 Å². The van der Waals surface area contributed by atoms with E-state index in [-0.39, 0.29) is 17.4 Å². The number of nitrogens with one attached hydrogen (secondary N) is 1. The Labute approximate surface area is 99.6 Å². The number of piperidine rings is 1. The highest BCUT2D eigenvalue weighted by Crippen LogP contribution is 2.22. The maximum atomic E-state index is 11.7. The lowest BCUT2D eigenvalue weighted by Gasteiger charge is -2.40. The molecular weight excluding hydrogens is 200 g/mol. The van der Waals surface area contributed by atoms with E-state index in [1.165, 1.54) is 13.0 Å². The fraction of sp³-hybridized carbons (Fsp3) is 0.923. The number of amides is 1. The molecule has 1 aliphatic heterocycles. The zero-order chi connectivity index (χ0) is 12.2. The molecule has 0 atom stereocenters. The van der Waals surface area contributed by atoms with Gasteiger partial charge in [-0.1, -0.05) is 20.8 Å². The van der Waals surface area contributed by atoms with E-state index in [4.69, 9.17) is 0 Å². The summed E-state index contributed by atoms with van der Waals surface area (Å²) in [4.78, 5) is 14.2. The molecule has 0 bridgehead atoms. The molecule has 1 rings (SSSR count). The first-order valence-corrected chi connectivity index (χ1v) is 6.51. The van der Waals surface area contributed by atoms with E-state index in [9.17, 15) is 4.79 Å². The number of carbonyl (C=O) groups excluding carboxylic acids is 1. The third kappa shape index (κ3) is 3.78. The van der Waals surface area contributed by atoms with E-state index < -0.39 is 0 Å². The van der Waals surface area contributed by atoms with Crippen LogP contribution < -0.4 is 5.32 Å². The van der Waals surface area contributed by atoms with Crippen LogP contribution in [0.1, 0.15) is 47.0 Å². The van der Waals surface area contributed by atoms with Crippen LogP contribution in [0.25, 0.3) is 0 Å². The van der Waals surface area contributed by atoms with Gasteiger partial charge in [-0.3, -0.25) is 4.79 Å². The highest BCUT2D eigenvalue weighted by atomic mass is 16.2.